The van der Waals surface area contributed by atoms with Crippen molar-refractivity contribution in [2.45, 2.75) is 4.90 Å². The second-order valence-corrected chi connectivity index (χ2v) is 7.64. The normalized spacial score (nSPS) is 16.7. The maximum Gasteiger partial charge on any atom is 0.275 e. The number of rotatable bonds is 5. The average Bonchev–Trinajstić information content (AvgIpc) is 2.53. The summed E-state index contributed by atoms with van der Waals surface area (Å²) in [6, 6.07) is 6.24. The molecule has 1 aromatic rings. The van der Waals surface area contributed by atoms with Crippen LogP contribution in [-0.2, 0) is 14.8 Å². The summed E-state index contributed by atoms with van der Waals surface area (Å²) >= 11 is 5.87. The van der Waals surface area contributed by atoms with Gasteiger partial charge in [-0.05, 0) is 18.2 Å². The van der Waals surface area contributed by atoms with Crippen molar-refractivity contribution in [2.24, 2.45) is 0 Å². The molecular formula is C15H19ClN3O3S+. The molecule has 0 radical (unpaired) electrons. The Balaban J connectivity index is 1.94. The monoisotopic (exact) mass is 356 g/mol. The van der Waals surface area contributed by atoms with Gasteiger partial charge in [-0.3, -0.25) is 4.79 Å². The molecule has 124 valence electrons. The van der Waals surface area contributed by atoms with Crippen molar-refractivity contribution in [1.29, 1.82) is 0 Å². The largest absolute Gasteiger partial charge is 0.340 e. The minimum absolute atomic E-state index is 0.121. The van der Waals surface area contributed by atoms with Crippen LogP contribution in [0.4, 0.5) is 0 Å². The average molecular weight is 357 g/mol. The fourth-order valence-corrected chi connectivity index (χ4v) is 4.18. The van der Waals surface area contributed by atoms with Gasteiger partial charge in [0.1, 0.15) is 0 Å². The number of hydrogen-bond acceptors (Lipinski definition) is 3. The van der Waals surface area contributed by atoms with Gasteiger partial charge in [0.15, 0.2) is 6.54 Å². The highest BCUT2D eigenvalue weighted by atomic mass is 35.5. The molecular weight excluding hydrogens is 338 g/mol. The Morgan fingerprint density at radius 3 is 2.70 bits per heavy atom. The van der Waals surface area contributed by atoms with Gasteiger partial charge in [-0.25, -0.2) is 8.42 Å². The lowest BCUT2D eigenvalue weighted by Gasteiger charge is -2.31. The molecule has 0 aliphatic carbocycles. The minimum atomic E-state index is -3.54. The summed E-state index contributed by atoms with van der Waals surface area (Å²) in [5, 5.41) is 3.00. The molecule has 1 amide bonds. The lowest BCUT2D eigenvalue weighted by atomic mass is 10.3. The fourth-order valence-electron chi connectivity index (χ4n) is 2.44. The Hall–Kier alpha value is -1.59. The second-order valence-electron chi connectivity index (χ2n) is 5.27. The van der Waals surface area contributed by atoms with E-state index in [0.717, 1.165) is 4.90 Å². The Kier molecular flexibility index (Phi) is 6.02. The zero-order valence-electron chi connectivity index (χ0n) is 12.6. The van der Waals surface area contributed by atoms with Crippen LogP contribution in [0.2, 0.25) is 5.02 Å². The first-order chi connectivity index (χ1) is 10.9. The highest BCUT2D eigenvalue weighted by Crippen LogP contribution is 2.19. The Morgan fingerprint density at radius 2 is 2.09 bits per heavy atom. The fraction of sp³-hybridized carbons (Fsp3) is 0.400. The van der Waals surface area contributed by atoms with Crippen LogP contribution in [-0.4, -0.2) is 57.9 Å². The molecule has 0 atom stereocenters. The molecule has 8 heteroatoms. The van der Waals surface area contributed by atoms with Crippen molar-refractivity contribution >= 4 is 27.5 Å². The van der Waals surface area contributed by atoms with Crippen molar-refractivity contribution in [3.8, 4) is 12.3 Å². The zero-order valence-corrected chi connectivity index (χ0v) is 14.2. The number of nitrogens with zero attached hydrogens (tertiary/aromatic N) is 1. The number of amides is 1. The van der Waals surface area contributed by atoms with Crippen LogP contribution in [0.15, 0.2) is 29.2 Å². The van der Waals surface area contributed by atoms with E-state index >= 15 is 0 Å². The van der Waals surface area contributed by atoms with Crippen LogP contribution in [0.25, 0.3) is 0 Å². The van der Waals surface area contributed by atoms with E-state index in [1.54, 1.807) is 12.1 Å². The smallest absolute Gasteiger partial charge is 0.275 e. The van der Waals surface area contributed by atoms with Gasteiger partial charge >= 0.3 is 0 Å². The number of quaternary nitrogens is 1. The minimum Gasteiger partial charge on any atom is -0.340 e. The number of sulfonamides is 1. The summed E-state index contributed by atoms with van der Waals surface area (Å²) in [6.45, 7) is 2.39. The number of nitrogens with one attached hydrogen (secondary N) is 2. The molecule has 23 heavy (non-hydrogen) atoms. The van der Waals surface area contributed by atoms with Crippen molar-refractivity contribution in [1.82, 2.24) is 9.62 Å². The Labute approximate surface area is 141 Å². The van der Waals surface area contributed by atoms with E-state index in [1.165, 1.54) is 16.4 Å². The van der Waals surface area contributed by atoms with Crippen LogP contribution in [0.5, 0.6) is 0 Å². The van der Waals surface area contributed by atoms with Gasteiger partial charge < -0.3 is 10.2 Å². The van der Waals surface area contributed by atoms with Crippen molar-refractivity contribution in [3.63, 3.8) is 0 Å². The number of halogens is 1. The van der Waals surface area contributed by atoms with E-state index in [0.29, 0.717) is 37.7 Å². The van der Waals surface area contributed by atoms with Crippen molar-refractivity contribution in [3.05, 3.63) is 29.3 Å². The van der Waals surface area contributed by atoms with Gasteiger partial charge in [-0.2, -0.15) is 4.31 Å². The molecule has 2 rings (SSSR count). The summed E-state index contributed by atoms with van der Waals surface area (Å²) in [5.41, 5.74) is 0. The summed E-state index contributed by atoms with van der Waals surface area (Å²) in [7, 11) is -3.54. The lowest BCUT2D eigenvalue weighted by molar-refractivity contribution is -0.895. The van der Waals surface area contributed by atoms with E-state index < -0.39 is 10.0 Å². The van der Waals surface area contributed by atoms with E-state index in [4.69, 9.17) is 18.0 Å². The molecule has 0 bridgehead atoms. The number of piperazine rings is 1. The Morgan fingerprint density at radius 1 is 1.39 bits per heavy atom. The molecule has 1 heterocycles. The third-order valence-electron chi connectivity index (χ3n) is 3.66. The van der Waals surface area contributed by atoms with Gasteiger partial charge in [0, 0.05) is 5.02 Å². The lowest BCUT2D eigenvalue weighted by Crippen LogP contribution is -3.15. The zero-order chi connectivity index (χ0) is 16.9. The maximum atomic E-state index is 12.6. The number of terminal acetylenes is 1. The number of carbonyl (C=O) groups is 1. The van der Waals surface area contributed by atoms with Crippen LogP contribution in [0.3, 0.4) is 0 Å². The van der Waals surface area contributed by atoms with Gasteiger partial charge in [0.05, 0.1) is 37.6 Å². The highest BCUT2D eigenvalue weighted by molar-refractivity contribution is 7.89. The van der Waals surface area contributed by atoms with E-state index in [2.05, 4.69) is 11.2 Å². The number of hydrogen-bond donors (Lipinski definition) is 2. The predicted molar refractivity (Wildman–Crippen MR) is 87.6 cm³/mol. The second kappa shape index (κ2) is 7.79. The number of benzene rings is 1. The SMILES string of the molecule is C#CCNC(=O)C[NH+]1CCN(S(=O)(=O)c2cccc(Cl)c2)CC1. The standard InChI is InChI=1S/C15H18ClN3O3S/c1-2-6-17-15(20)12-18-7-9-19(10-8-18)23(21,22)14-5-3-4-13(16)11-14/h1,3-5,11H,6-10,12H2,(H,17,20)/p+1. The van der Waals surface area contributed by atoms with Crippen LogP contribution in [0.1, 0.15) is 0 Å². The molecule has 6 nitrogen and oxygen atoms in total. The molecule has 1 fully saturated rings. The van der Waals surface area contributed by atoms with E-state index in [-0.39, 0.29) is 17.3 Å². The quantitative estimate of drug-likeness (QED) is 0.663. The molecule has 1 aliphatic rings. The third-order valence-corrected chi connectivity index (χ3v) is 5.79. The molecule has 1 saturated heterocycles. The van der Waals surface area contributed by atoms with Crippen LogP contribution < -0.4 is 10.2 Å². The molecule has 1 aromatic carbocycles. The van der Waals surface area contributed by atoms with Gasteiger partial charge in [-0.1, -0.05) is 23.6 Å². The van der Waals surface area contributed by atoms with E-state index in [1.807, 2.05) is 0 Å². The molecule has 1 aliphatic heterocycles. The summed E-state index contributed by atoms with van der Waals surface area (Å²) in [5.74, 6) is 2.22. The molecule has 0 aromatic heterocycles. The predicted octanol–water partition coefficient (Wildman–Crippen LogP) is -1.02. The molecule has 2 N–H and O–H groups in total. The molecule has 0 spiro atoms. The topological polar surface area (TPSA) is 70.9 Å². The first-order valence-electron chi connectivity index (χ1n) is 7.23. The van der Waals surface area contributed by atoms with Gasteiger partial charge in [-0.15, -0.1) is 6.42 Å². The third kappa shape index (κ3) is 4.69. The van der Waals surface area contributed by atoms with Crippen molar-refractivity contribution < 1.29 is 18.1 Å². The molecule has 0 unspecified atom stereocenters. The van der Waals surface area contributed by atoms with E-state index in [9.17, 15) is 13.2 Å². The maximum absolute atomic E-state index is 12.6. The van der Waals surface area contributed by atoms with Crippen LogP contribution >= 0.6 is 11.6 Å². The van der Waals surface area contributed by atoms with Crippen molar-refractivity contribution in [2.75, 3.05) is 39.3 Å². The summed E-state index contributed by atoms with van der Waals surface area (Å²) in [6.07, 6.45) is 5.09. The van der Waals surface area contributed by atoms with Crippen LogP contribution in [0, 0.1) is 12.3 Å². The molecule has 0 saturated carbocycles. The number of carbonyl (C=O) groups excluding carboxylic acids is 1. The summed E-state index contributed by atoms with van der Waals surface area (Å²) in [4.78, 5) is 12.9. The first-order valence-corrected chi connectivity index (χ1v) is 9.04. The van der Waals surface area contributed by atoms with Gasteiger partial charge in [0.25, 0.3) is 5.91 Å². The van der Waals surface area contributed by atoms with Gasteiger partial charge in [0.2, 0.25) is 10.0 Å². The Bertz CT molecular complexity index is 707. The first kappa shape index (κ1) is 17.8. The highest BCUT2D eigenvalue weighted by Gasteiger charge is 2.31. The summed E-state index contributed by atoms with van der Waals surface area (Å²) < 4.78 is 26.6.